The van der Waals surface area contributed by atoms with Crippen molar-refractivity contribution in [3.05, 3.63) is 28.8 Å². The van der Waals surface area contributed by atoms with Gasteiger partial charge in [-0.15, -0.1) is 0 Å². The van der Waals surface area contributed by atoms with Crippen LogP contribution in [0.5, 0.6) is 5.75 Å². The molecule has 0 aliphatic heterocycles. The van der Waals surface area contributed by atoms with Gasteiger partial charge < -0.3 is 4.74 Å². The average Bonchev–Trinajstić information content (AvgIpc) is 2.04. The summed E-state index contributed by atoms with van der Waals surface area (Å²) in [4.78, 5) is 0. The molecule has 0 fully saturated rings. The molecule has 0 aromatic heterocycles. The summed E-state index contributed by atoms with van der Waals surface area (Å²) in [7, 11) is 1.61. The van der Waals surface area contributed by atoms with Crippen LogP contribution in [0.1, 0.15) is 5.56 Å². The van der Waals surface area contributed by atoms with E-state index in [-0.39, 0.29) is 0 Å². The molecular formula is C8H8BrClO. The Morgan fingerprint density at radius 2 is 2.27 bits per heavy atom. The van der Waals surface area contributed by atoms with Crippen LogP contribution in [0.15, 0.2) is 18.2 Å². The third-order valence-corrected chi connectivity index (χ3v) is 2.31. The lowest BCUT2D eigenvalue weighted by molar-refractivity contribution is 0.415. The molecule has 0 radical (unpaired) electrons. The number of methoxy groups -OCH3 is 1. The monoisotopic (exact) mass is 234 g/mol. The molecule has 0 saturated carbocycles. The van der Waals surface area contributed by atoms with E-state index in [0.717, 1.165) is 16.6 Å². The number of ether oxygens (including phenoxy) is 1. The highest BCUT2D eigenvalue weighted by Crippen LogP contribution is 2.25. The van der Waals surface area contributed by atoms with Crippen LogP contribution in [0, 0.1) is 0 Å². The Labute approximate surface area is 79.4 Å². The minimum Gasteiger partial charge on any atom is -0.495 e. The molecule has 60 valence electrons. The standard InChI is InChI=1S/C8H8BrClO/c1-11-8-3-2-6(5-9)4-7(8)10/h2-4H,5H2,1H3. The van der Waals surface area contributed by atoms with Gasteiger partial charge in [0.25, 0.3) is 0 Å². The number of rotatable bonds is 2. The van der Waals surface area contributed by atoms with Gasteiger partial charge in [0.15, 0.2) is 0 Å². The fraction of sp³-hybridized carbons (Fsp3) is 0.250. The summed E-state index contributed by atoms with van der Waals surface area (Å²) in [6, 6.07) is 5.72. The van der Waals surface area contributed by atoms with Crippen molar-refractivity contribution in [3.63, 3.8) is 0 Å². The molecule has 0 spiro atoms. The van der Waals surface area contributed by atoms with Gasteiger partial charge in [0, 0.05) is 5.33 Å². The van der Waals surface area contributed by atoms with Crippen LogP contribution in [0.4, 0.5) is 0 Å². The lowest BCUT2D eigenvalue weighted by Crippen LogP contribution is -1.85. The van der Waals surface area contributed by atoms with E-state index >= 15 is 0 Å². The second-order valence-corrected chi connectivity index (χ2v) is 3.07. The maximum absolute atomic E-state index is 5.86. The van der Waals surface area contributed by atoms with Gasteiger partial charge in [0.2, 0.25) is 0 Å². The van der Waals surface area contributed by atoms with Crippen molar-refractivity contribution in [3.8, 4) is 5.75 Å². The first-order valence-electron chi connectivity index (χ1n) is 3.16. The van der Waals surface area contributed by atoms with E-state index in [0.29, 0.717) is 5.02 Å². The fourth-order valence-electron chi connectivity index (χ4n) is 0.793. The molecule has 0 bridgehead atoms. The summed E-state index contributed by atoms with van der Waals surface area (Å²) in [5, 5.41) is 1.47. The maximum Gasteiger partial charge on any atom is 0.137 e. The van der Waals surface area contributed by atoms with Gasteiger partial charge in [-0.05, 0) is 17.7 Å². The third kappa shape index (κ3) is 2.11. The summed E-state index contributed by atoms with van der Waals surface area (Å²) >= 11 is 9.20. The molecule has 0 aliphatic rings. The van der Waals surface area contributed by atoms with E-state index in [1.165, 1.54) is 0 Å². The fourth-order valence-corrected chi connectivity index (χ4v) is 1.42. The van der Waals surface area contributed by atoms with E-state index in [1.54, 1.807) is 7.11 Å². The first-order chi connectivity index (χ1) is 5.27. The van der Waals surface area contributed by atoms with Gasteiger partial charge in [0.1, 0.15) is 5.75 Å². The third-order valence-electron chi connectivity index (χ3n) is 1.37. The molecular weight excluding hydrogens is 227 g/mol. The summed E-state index contributed by atoms with van der Waals surface area (Å²) in [6.45, 7) is 0. The Morgan fingerprint density at radius 3 is 2.73 bits per heavy atom. The Morgan fingerprint density at radius 1 is 1.55 bits per heavy atom. The highest BCUT2D eigenvalue weighted by molar-refractivity contribution is 9.08. The first-order valence-corrected chi connectivity index (χ1v) is 4.66. The summed E-state index contributed by atoms with van der Waals surface area (Å²) < 4.78 is 5.00. The van der Waals surface area contributed by atoms with Gasteiger partial charge >= 0.3 is 0 Å². The Bertz CT molecular complexity index is 250. The van der Waals surface area contributed by atoms with Crippen molar-refractivity contribution < 1.29 is 4.74 Å². The molecule has 0 atom stereocenters. The van der Waals surface area contributed by atoms with Crippen molar-refractivity contribution in [1.29, 1.82) is 0 Å². The minimum atomic E-state index is 0.657. The molecule has 0 saturated heterocycles. The van der Waals surface area contributed by atoms with Crippen LogP contribution in [0.2, 0.25) is 5.02 Å². The van der Waals surface area contributed by atoms with Gasteiger partial charge in [-0.3, -0.25) is 0 Å². The highest BCUT2D eigenvalue weighted by Gasteiger charge is 1.99. The summed E-state index contributed by atoms with van der Waals surface area (Å²) in [5.41, 5.74) is 1.15. The number of alkyl halides is 1. The van der Waals surface area contributed by atoms with Crippen LogP contribution in [0.3, 0.4) is 0 Å². The van der Waals surface area contributed by atoms with Gasteiger partial charge in [0.05, 0.1) is 12.1 Å². The van der Waals surface area contributed by atoms with Gasteiger partial charge in [-0.25, -0.2) is 0 Å². The van der Waals surface area contributed by atoms with E-state index in [1.807, 2.05) is 18.2 Å². The average molecular weight is 236 g/mol. The molecule has 0 aliphatic carbocycles. The zero-order valence-corrected chi connectivity index (χ0v) is 8.45. The van der Waals surface area contributed by atoms with Crippen LogP contribution in [-0.2, 0) is 5.33 Å². The largest absolute Gasteiger partial charge is 0.495 e. The smallest absolute Gasteiger partial charge is 0.137 e. The van der Waals surface area contributed by atoms with Gasteiger partial charge in [-0.2, -0.15) is 0 Å². The number of halogens is 2. The molecule has 1 nitrogen and oxygen atoms in total. The van der Waals surface area contributed by atoms with Crippen LogP contribution >= 0.6 is 27.5 Å². The van der Waals surface area contributed by atoms with E-state index in [9.17, 15) is 0 Å². The van der Waals surface area contributed by atoms with Crippen molar-refractivity contribution >= 4 is 27.5 Å². The minimum absolute atomic E-state index is 0.657. The van der Waals surface area contributed by atoms with E-state index in [4.69, 9.17) is 16.3 Å². The quantitative estimate of drug-likeness (QED) is 0.715. The predicted molar refractivity (Wildman–Crippen MR) is 50.6 cm³/mol. The molecule has 1 aromatic carbocycles. The summed E-state index contributed by atoms with van der Waals surface area (Å²) in [5.74, 6) is 0.719. The molecule has 3 heteroatoms. The summed E-state index contributed by atoms with van der Waals surface area (Å²) in [6.07, 6.45) is 0. The van der Waals surface area contributed by atoms with Crippen molar-refractivity contribution in [2.45, 2.75) is 5.33 Å². The lowest BCUT2D eigenvalue weighted by atomic mass is 10.2. The lowest BCUT2D eigenvalue weighted by Gasteiger charge is -2.02. The Hall–Kier alpha value is -0.210. The molecule has 0 unspecified atom stereocenters. The van der Waals surface area contributed by atoms with E-state index in [2.05, 4.69) is 15.9 Å². The molecule has 11 heavy (non-hydrogen) atoms. The molecule has 0 heterocycles. The Kier molecular flexibility index (Phi) is 3.21. The van der Waals surface area contributed by atoms with Crippen LogP contribution in [-0.4, -0.2) is 7.11 Å². The van der Waals surface area contributed by atoms with E-state index < -0.39 is 0 Å². The van der Waals surface area contributed by atoms with Gasteiger partial charge in [-0.1, -0.05) is 33.6 Å². The van der Waals surface area contributed by atoms with Crippen molar-refractivity contribution in [1.82, 2.24) is 0 Å². The number of benzene rings is 1. The van der Waals surface area contributed by atoms with Crippen molar-refractivity contribution in [2.75, 3.05) is 7.11 Å². The molecule has 1 aromatic rings. The normalized spacial score (nSPS) is 9.73. The topological polar surface area (TPSA) is 9.23 Å². The first kappa shape index (κ1) is 8.88. The number of hydrogen-bond donors (Lipinski definition) is 0. The SMILES string of the molecule is COc1ccc(CBr)cc1Cl. The zero-order chi connectivity index (χ0) is 8.27. The molecule has 0 N–H and O–H groups in total. The maximum atomic E-state index is 5.86. The molecule has 0 amide bonds. The zero-order valence-electron chi connectivity index (χ0n) is 6.10. The predicted octanol–water partition coefficient (Wildman–Crippen LogP) is 3.24. The second-order valence-electron chi connectivity index (χ2n) is 2.10. The Balaban J connectivity index is 2.99. The van der Waals surface area contributed by atoms with Crippen LogP contribution in [0.25, 0.3) is 0 Å². The van der Waals surface area contributed by atoms with Crippen molar-refractivity contribution in [2.24, 2.45) is 0 Å². The van der Waals surface area contributed by atoms with Crippen LogP contribution < -0.4 is 4.74 Å². The molecule has 1 rings (SSSR count). The second kappa shape index (κ2) is 3.98. The number of hydrogen-bond acceptors (Lipinski definition) is 1. The highest BCUT2D eigenvalue weighted by atomic mass is 79.9.